The van der Waals surface area contributed by atoms with Crippen molar-refractivity contribution in [1.29, 1.82) is 0 Å². The Labute approximate surface area is 124 Å². The lowest BCUT2D eigenvalue weighted by molar-refractivity contribution is -0.137. The number of nitrogens with one attached hydrogen (secondary N) is 1. The fourth-order valence-electron chi connectivity index (χ4n) is 2.01. The van der Waals surface area contributed by atoms with Crippen LogP contribution >= 0.6 is 0 Å². The lowest BCUT2D eigenvalue weighted by atomic mass is 10.2. The molecule has 0 aromatic heterocycles. The highest BCUT2D eigenvalue weighted by Crippen LogP contribution is 2.17. The number of carbonyl (C=O) groups excluding carboxylic acids is 2. The van der Waals surface area contributed by atoms with Crippen molar-refractivity contribution in [3.05, 3.63) is 66.2 Å². The summed E-state index contributed by atoms with van der Waals surface area (Å²) in [5.74, 6) is -1.14. The fraction of sp³-hybridized carbons (Fsp3) is 0.176. The minimum absolute atomic E-state index is 0.362. The Morgan fingerprint density at radius 3 is 2.10 bits per heavy atom. The van der Waals surface area contributed by atoms with E-state index in [9.17, 15) is 9.59 Å². The van der Waals surface area contributed by atoms with Crippen LogP contribution in [-0.4, -0.2) is 18.4 Å². The minimum atomic E-state index is -0.586. The van der Waals surface area contributed by atoms with Gasteiger partial charge in [-0.1, -0.05) is 48.5 Å². The van der Waals surface area contributed by atoms with Crippen LogP contribution in [0.25, 0.3) is 0 Å². The molecule has 0 aliphatic rings. The van der Waals surface area contributed by atoms with Crippen LogP contribution in [-0.2, 0) is 16.1 Å². The molecule has 1 N–H and O–H groups in total. The molecule has 0 atom stereocenters. The van der Waals surface area contributed by atoms with Crippen LogP contribution in [0.2, 0.25) is 0 Å². The molecule has 21 heavy (non-hydrogen) atoms. The van der Waals surface area contributed by atoms with Crippen molar-refractivity contribution in [2.75, 3.05) is 11.4 Å². The van der Waals surface area contributed by atoms with E-state index in [2.05, 4.69) is 5.32 Å². The average Bonchev–Trinajstić information content (AvgIpc) is 2.54. The SMILES string of the molecule is CCNC(=O)C(=O)N(Cc1ccccc1)c1ccccc1. The van der Waals surface area contributed by atoms with Gasteiger partial charge in [0.1, 0.15) is 0 Å². The van der Waals surface area contributed by atoms with E-state index in [1.54, 1.807) is 6.92 Å². The molecule has 2 rings (SSSR count). The zero-order valence-corrected chi connectivity index (χ0v) is 12.0. The monoisotopic (exact) mass is 282 g/mol. The molecule has 2 aromatic rings. The lowest BCUT2D eigenvalue weighted by Crippen LogP contribution is -2.42. The number of rotatable bonds is 4. The second-order valence-electron chi connectivity index (χ2n) is 4.57. The van der Waals surface area contributed by atoms with E-state index in [1.165, 1.54) is 4.90 Å². The molecule has 4 nitrogen and oxygen atoms in total. The van der Waals surface area contributed by atoms with Crippen molar-refractivity contribution in [1.82, 2.24) is 5.32 Å². The third-order valence-corrected chi connectivity index (χ3v) is 3.03. The van der Waals surface area contributed by atoms with E-state index in [0.29, 0.717) is 18.8 Å². The molecule has 2 amide bonds. The number of hydrogen-bond donors (Lipinski definition) is 1. The number of amides is 2. The van der Waals surface area contributed by atoms with Gasteiger partial charge in [0.15, 0.2) is 0 Å². The number of likely N-dealkylation sites (N-methyl/N-ethyl adjacent to an activating group) is 1. The molecule has 0 radical (unpaired) electrons. The normalized spacial score (nSPS) is 9.95. The van der Waals surface area contributed by atoms with Gasteiger partial charge in [0.2, 0.25) is 0 Å². The van der Waals surface area contributed by atoms with Gasteiger partial charge in [0.25, 0.3) is 0 Å². The summed E-state index contributed by atoms with van der Waals surface area (Å²) in [4.78, 5) is 25.7. The zero-order chi connectivity index (χ0) is 15.1. The highest BCUT2D eigenvalue weighted by Gasteiger charge is 2.22. The highest BCUT2D eigenvalue weighted by molar-refractivity contribution is 6.40. The highest BCUT2D eigenvalue weighted by atomic mass is 16.2. The maximum absolute atomic E-state index is 12.4. The molecule has 0 aliphatic carbocycles. The first kappa shape index (κ1) is 14.8. The molecule has 108 valence electrons. The predicted molar refractivity (Wildman–Crippen MR) is 82.8 cm³/mol. The number of carbonyl (C=O) groups is 2. The van der Waals surface area contributed by atoms with Crippen molar-refractivity contribution < 1.29 is 9.59 Å². The molecular weight excluding hydrogens is 264 g/mol. The van der Waals surface area contributed by atoms with Crippen molar-refractivity contribution in [2.45, 2.75) is 13.5 Å². The molecule has 0 fully saturated rings. The van der Waals surface area contributed by atoms with Gasteiger partial charge in [-0.25, -0.2) is 0 Å². The third kappa shape index (κ3) is 3.92. The molecule has 2 aromatic carbocycles. The smallest absolute Gasteiger partial charge is 0.316 e. The summed E-state index contributed by atoms with van der Waals surface area (Å²) in [5.41, 5.74) is 1.68. The van der Waals surface area contributed by atoms with Gasteiger partial charge >= 0.3 is 11.8 Å². The van der Waals surface area contributed by atoms with E-state index in [-0.39, 0.29) is 0 Å². The van der Waals surface area contributed by atoms with Gasteiger partial charge in [-0.05, 0) is 24.6 Å². The van der Waals surface area contributed by atoms with Gasteiger partial charge in [-0.2, -0.15) is 0 Å². The van der Waals surface area contributed by atoms with Crippen LogP contribution in [0.15, 0.2) is 60.7 Å². The molecule has 0 heterocycles. The van der Waals surface area contributed by atoms with Crippen molar-refractivity contribution >= 4 is 17.5 Å². The lowest BCUT2D eigenvalue weighted by Gasteiger charge is -2.22. The number of anilines is 1. The van der Waals surface area contributed by atoms with E-state index in [0.717, 1.165) is 5.56 Å². The van der Waals surface area contributed by atoms with Gasteiger partial charge in [0, 0.05) is 12.2 Å². The maximum Gasteiger partial charge on any atom is 0.316 e. The second kappa shape index (κ2) is 7.24. The predicted octanol–water partition coefficient (Wildman–Crippen LogP) is 2.36. The third-order valence-electron chi connectivity index (χ3n) is 3.03. The fourth-order valence-corrected chi connectivity index (χ4v) is 2.01. The molecule has 0 spiro atoms. The molecular formula is C17H18N2O2. The number of para-hydroxylation sites is 1. The summed E-state index contributed by atoms with van der Waals surface area (Å²) < 4.78 is 0. The van der Waals surface area contributed by atoms with Crippen molar-refractivity contribution in [3.63, 3.8) is 0 Å². The Bertz CT molecular complexity index is 597. The van der Waals surface area contributed by atoms with Gasteiger partial charge in [0.05, 0.1) is 6.54 Å². The largest absolute Gasteiger partial charge is 0.348 e. The zero-order valence-electron chi connectivity index (χ0n) is 12.0. The second-order valence-corrected chi connectivity index (χ2v) is 4.57. The first-order chi connectivity index (χ1) is 10.2. The Balaban J connectivity index is 2.27. The van der Waals surface area contributed by atoms with E-state index in [1.807, 2.05) is 60.7 Å². The maximum atomic E-state index is 12.4. The summed E-state index contributed by atoms with van der Waals surface area (Å²) in [6.45, 7) is 2.58. The topological polar surface area (TPSA) is 49.4 Å². The van der Waals surface area contributed by atoms with E-state index in [4.69, 9.17) is 0 Å². The Morgan fingerprint density at radius 2 is 1.52 bits per heavy atom. The Hall–Kier alpha value is -2.62. The first-order valence-electron chi connectivity index (χ1n) is 6.91. The summed E-state index contributed by atoms with van der Waals surface area (Å²) in [6, 6.07) is 18.8. The average molecular weight is 282 g/mol. The molecule has 0 saturated carbocycles. The van der Waals surface area contributed by atoms with Crippen LogP contribution in [0.4, 0.5) is 5.69 Å². The summed E-state index contributed by atoms with van der Waals surface area (Å²) in [6.07, 6.45) is 0. The quantitative estimate of drug-likeness (QED) is 0.875. The molecule has 0 unspecified atom stereocenters. The minimum Gasteiger partial charge on any atom is -0.348 e. The number of nitrogens with zero attached hydrogens (tertiary/aromatic N) is 1. The Morgan fingerprint density at radius 1 is 0.952 bits per heavy atom. The Kier molecular flexibility index (Phi) is 5.10. The van der Waals surface area contributed by atoms with Gasteiger partial charge in [-0.15, -0.1) is 0 Å². The molecule has 4 heteroatoms. The van der Waals surface area contributed by atoms with E-state index < -0.39 is 11.8 Å². The van der Waals surface area contributed by atoms with Crippen LogP contribution in [0, 0.1) is 0 Å². The van der Waals surface area contributed by atoms with Crippen LogP contribution in [0.1, 0.15) is 12.5 Å². The first-order valence-corrected chi connectivity index (χ1v) is 6.91. The van der Waals surface area contributed by atoms with Gasteiger partial charge in [-0.3, -0.25) is 14.5 Å². The molecule has 0 bridgehead atoms. The van der Waals surface area contributed by atoms with Crippen LogP contribution in [0.5, 0.6) is 0 Å². The van der Waals surface area contributed by atoms with Crippen LogP contribution in [0.3, 0.4) is 0 Å². The molecule has 0 aliphatic heterocycles. The van der Waals surface area contributed by atoms with Gasteiger partial charge < -0.3 is 5.32 Å². The van der Waals surface area contributed by atoms with Crippen molar-refractivity contribution in [2.24, 2.45) is 0 Å². The number of benzene rings is 2. The molecule has 0 saturated heterocycles. The summed E-state index contributed by atoms with van der Waals surface area (Å²) in [7, 11) is 0. The summed E-state index contributed by atoms with van der Waals surface area (Å²) >= 11 is 0. The van der Waals surface area contributed by atoms with Crippen molar-refractivity contribution in [3.8, 4) is 0 Å². The van der Waals surface area contributed by atoms with Crippen LogP contribution < -0.4 is 10.2 Å². The summed E-state index contributed by atoms with van der Waals surface area (Å²) in [5, 5.41) is 2.55. The van der Waals surface area contributed by atoms with E-state index >= 15 is 0 Å². The number of hydrogen-bond acceptors (Lipinski definition) is 2. The standard InChI is InChI=1S/C17H18N2O2/c1-2-18-16(20)17(21)19(15-11-7-4-8-12-15)13-14-9-5-3-6-10-14/h3-12H,2,13H2,1H3,(H,18,20).